The van der Waals surface area contributed by atoms with Crippen molar-refractivity contribution in [3.63, 3.8) is 0 Å². The van der Waals surface area contributed by atoms with Crippen LogP contribution in [0, 0.1) is 6.92 Å². The number of nitrogens with one attached hydrogen (secondary N) is 1. The van der Waals surface area contributed by atoms with Gasteiger partial charge in [0.25, 0.3) is 5.91 Å². The van der Waals surface area contributed by atoms with Crippen LogP contribution in [0.2, 0.25) is 0 Å². The lowest BCUT2D eigenvalue weighted by atomic mass is 10.2. The molecule has 0 radical (unpaired) electrons. The zero-order valence-corrected chi connectivity index (χ0v) is 16.3. The first kappa shape index (κ1) is 18.4. The quantitative estimate of drug-likeness (QED) is 0.776. The maximum Gasteiger partial charge on any atom is 0.283 e. The summed E-state index contributed by atoms with van der Waals surface area (Å²) in [6, 6.07) is 0. The van der Waals surface area contributed by atoms with Gasteiger partial charge in [-0.1, -0.05) is 11.3 Å². The highest BCUT2D eigenvalue weighted by molar-refractivity contribution is 7.19. The fourth-order valence-electron chi connectivity index (χ4n) is 3.09. The van der Waals surface area contributed by atoms with Crippen molar-refractivity contribution in [2.45, 2.75) is 32.3 Å². The van der Waals surface area contributed by atoms with Crippen molar-refractivity contribution in [3.8, 4) is 10.6 Å². The van der Waals surface area contributed by atoms with Crippen LogP contribution in [0.3, 0.4) is 0 Å². The van der Waals surface area contributed by atoms with Crippen LogP contribution < -0.4 is 5.32 Å². The molecule has 2 saturated heterocycles. The molecule has 0 saturated carbocycles. The summed E-state index contributed by atoms with van der Waals surface area (Å²) in [6.45, 7) is 3.81. The third-order valence-electron chi connectivity index (χ3n) is 4.30. The largest absolute Gasteiger partial charge is 0.394 e. The van der Waals surface area contributed by atoms with Gasteiger partial charge in [-0.05, 0) is 6.92 Å². The van der Waals surface area contributed by atoms with E-state index in [0.717, 1.165) is 10.6 Å². The van der Waals surface area contributed by atoms with Gasteiger partial charge in [-0.3, -0.25) is 9.59 Å². The van der Waals surface area contributed by atoms with E-state index < -0.39 is 12.4 Å². The SMILES string of the molecule is CC(=O)Nc1nc(C)c(-c2csc(C(=O)N3C[C@@H]4O[C@H](CO)[C@@H](C3)O4)n2)s1. The zero-order valence-electron chi connectivity index (χ0n) is 14.7. The van der Waals surface area contributed by atoms with Gasteiger partial charge in [-0.25, -0.2) is 9.97 Å². The maximum absolute atomic E-state index is 12.8. The molecule has 4 heterocycles. The fourth-order valence-corrected chi connectivity index (χ4v) is 4.91. The van der Waals surface area contributed by atoms with Crippen molar-refractivity contribution in [2.24, 2.45) is 0 Å². The number of aliphatic hydroxyl groups is 1. The Labute approximate surface area is 163 Å². The number of hydrogen-bond acceptors (Lipinski definition) is 9. The first-order valence-electron chi connectivity index (χ1n) is 8.36. The molecule has 0 unspecified atom stereocenters. The second-order valence-corrected chi connectivity index (χ2v) is 8.18. The molecule has 0 aliphatic carbocycles. The Morgan fingerprint density at radius 3 is 2.93 bits per heavy atom. The van der Waals surface area contributed by atoms with Crippen molar-refractivity contribution in [1.82, 2.24) is 14.9 Å². The van der Waals surface area contributed by atoms with Gasteiger partial charge in [0.15, 0.2) is 16.4 Å². The Morgan fingerprint density at radius 1 is 1.37 bits per heavy atom. The number of carbonyl (C=O) groups is 2. The monoisotopic (exact) mass is 410 g/mol. The van der Waals surface area contributed by atoms with E-state index in [1.54, 1.807) is 4.90 Å². The van der Waals surface area contributed by atoms with Gasteiger partial charge in [-0.2, -0.15) is 0 Å². The van der Waals surface area contributed by atoms with Gasteiger partial charge in [0.1, 0.15) is 12.2 Å². The topological polar surface area (TPSA) is 114 Å². The molecule has 2 aromatic heterocycles. The number of morpholine rings is 1. The minimum Gasteiger partial charge on any atom is -0.394 e. The van der Waals surface area contributed by atoms with Crippen LogP contribution in [0.25, 0.3) is 10.6 Å². The van der Waals surface area contributed by atoms with Crippen LogP contribution >= 0.6 is 22.7 Å². The number of anilines is 1. The summed E-state index contributed by atoms with van der Waals surface area (Å²) in [5, 5.41) is 14.7. The molecule has 144 valence electrons. The molecule has 3 atom stereocenters. The molecule has 2 aliphatic heterocycles. The summed E-state index contributed by atoms with van der Waals surface area (Å²) in [5.74, 6) is -0.370. The number of aliphatic hydroxyl groups excluding tert-OH is 1. The van der Waals surface area contributed by atoms with Crippen molar-refractivity contribution in [2.75, 3.05) is 25.0 Å². The first-order chi connectivity index (χ1) is 12.9. The lowest BCUT2D eigenvalue weighted by Crippen LogP contribution is -2.47. The second kappa shape index (κ2) is 7.24. The Morgan fingerprint density at radius 2 is 2.19 bits per heavy atom. The van der Waals surface area contributed by atoms with E-state index in [4.69, 9.17) is 9.47 Å². The normalized spacial score (nSPS) is 24.3. The molecular weight excluding hydrogens is 392 g/mol. The highest BCUT2D eigenvalue weighted by Gasteiger charge is 2.43. The van der Waals surface area contributed by atoms with Gasteiger partial charge in [0, 0.05) is 12.3 Å². The average Bonchev–Trinajstić information content (AvgIpc) is 3.31. The number of carbonyl (C=O) groups excluding carboxylic acids is 2. The van der Waals surface area contributed by atoms with Crippen LogP contribution in [-0.2, 0) is 14.3 Å². The number of aromatic nitrogens is 2. The molecule has 2 bridgehead atoms. The fraction of sp³-hybridized carbons (Fsp3) is 0.500. The van der Waals surface area contributed by atoms with E-state index in [1.807, 2.05) is 12.3 Å². The Balaban J connectivity index is 1.50. The third-order valence-corrected chi connectivity index (χ3v) is 6.23. The Bertz CT molecular complexity index is 882. The standard InChI is InChI=1S/C16H18N4O5S2/c1-7-13(27-16(17-7)18-8(2)22)9-6-26-14(19-9)15(23)20-3-10-11(5-21)25-12(4-20)24-10/h6,10-12,21H,3-5H2,1-2H3,(H,17,18,22)/t10-,11-,12+/m1/s1. The highest BCUT2D eigenvalue weighted by atomic mass is 32.1. The van der Waals surface area contributed by atoms with E-state index in [2.05, 4.69) is 15.3 Å². The van der Waals surface area contributed by atoms with Crippen LogP contribution in [-0.4, -0.2) is 70.0 Å². The van der Waals surface area contributed by atoms with E-state index in [1.165, 1.54) is 29.6 Å². The molecule has 4 rings (SSSR count). The van der Waals surface area contributed by atoms with Crippen molar-refractivity contribution >= 4 is 39.6 Å². The molecule has 2 amide bonds. The van der Waals surface area contributed by atoms with Gasteiger partial charge in [0.05, 0.1) is 36.0 Å². The van der Waals surface area contributed by atoms with Crippen LogP contribution in [0.1, 0.15) is 22.4 Å². The highest BCUT2D eigenvalue weighted by Crippen LogP contribution is 2.34. The number of thiazole rings is 2. The maximum atomic E-state index is 12.8. The summed E-state index contributed by atoms with van der Waals surface area (Å²) in [7, 11) is 0. The lowest BCUT2D eigenvalue weighted by molar-refractivity contribution is -0.114. The zero-order chi connectivity index (χ0) is 19.1. The smallest absolute Gasteiger partial charge is 0.283 e. The van der Waals surface area contributed by atoms with Crippen molar-refractivity contribution < 1.29 is 24.2 Å². The first-order valence-corrected chi connectivity index (χ1v) is 10.1. The molecule has 0 aromatic carbocycles. The number of hydrogen-bond donors (Lipinski definition) is 2. The Kier molecular flexibility index (Phi) is 4.95. The number of fused-ring (bicyclic) bond motifs is 2. The van der Waals surface area contributed by atoms with E-state index in [0.29, 0.717) is 28.9 Å². The minimum atomic E-state index is -0.506. The average molecular weight is 410 g/mol. The van der Waals surface area contributed by atoms with Gasteiger partial charge in [-0.15, -0.1) is 11.3 Å². The number of ether oxygens (including phenoxy) is 2. The minimum absolute atomic E-state index is 0.133. The molecular formula is C16H18N4O5S2. The van der Waals surface area contributed by atoms with Gasteiger partial charge in [0.2, 0.25) is 5.91 Å². The molecule has 0 spiro atoms. The molecule has 2 fully saturated rings. The molecule has 2 N–H and O–H groups in total. The van der Waals surface area contributed by atoms with E-state index in [9.17, 15) is 14.7 Å². The summed E-state index contributed by atoms with van der Waals surface area (Å²) in [4.78, 5) is 35.3. The van der Waals surface area contributed by atoms with Crippen LogP contribution in [0.15, 0.2) is 5.38 Å². The molecule has 2 aliphatic rings. The number of amides is 2. The Hall–Kier alpha value is -1.92. The van der Waals surface area contributed by atoms with Gasteiger partial charge >= 0.3 is 0 Å². The summed E-state index contributed by atoms with van der Waals surface area (Å²) in [6.07, 6.45) is -1.22. The third kappa shape index (κ3) is 3.60. The second-order valence-electron chi connectivity index (χ2n) is 6.32. The van der Waals surface area contributed by atoms with E-state index in [-0.39, 0.29) is 24.5 Å². The predicted octanol–water partition coefficient (Wildman–Crippen LogP) is 1.09. The number of aryl methyl sites for hydroxylation is 1. The summed E-state index contributed by atoms with van der Waals surface area (Å²) < 4.78 is 11.2. The van der Waals surface area contributed by atoms with E-state index >= 15 is 0 Å². The predicted molar refractivity (Wildman–Crippen MR) is 98.8 cm³/mol. The van der Waals surface area contributed by atoms with Crippen molar-refractivity contribution in [3.05, 3.63) is 16.1 Å². The summed E-state index contributed by atoms with van der Waals surface area (Å²) >= 11 is 2.59. The molecule has 27 heavy (non-hydrogen) atoms. The van der Waals surface area contributed by atoms with Crippen LogP contribution in [0.4, 0.5) is 5.13 Å². The van der Waals surface area contributed by atoms with Crippen molar-refractivity contribution in [1.29, 1.82) is 0 Å². The van der Waals surface area contributed by atoms with Crippen LogP contribution in [0.5, 0.6) is 0 Å². The molecule has 9 nitrogen and oxygen atoms in total. The molecule has 2 aromatic rings. The van der Waals surface area contributed by atoms with Gasteiger partial charge < -0.3 is 24.8 Å². The number of rotatable bonds is 4. The lowest BCUT2D eigenvalue weighted by Gasteiger charge is -2.30. The summed E-state index contributed by atoms with van der Waals surface area (Å²) in [5.41, 5.74) is 1.41. The number of nitrogens with zero attached hydrogens (tertiary/aromatic N) is 3. The molecule has 11 heteroatoms.